The number of carbonyl (C=O) groups excluding carboxylic acids is 1. The monoisotopic (exact) mass is 261 g/mol. The largest absolute Gasteiger partial charge is 0.351 e. The van der Waals surface area contributed by atoms with Crippen molar-refractivity contribution in [3.63, 3.8) is 0 Å². The van der Waals surface area contributed by atoms with Crippen molar-refractivity contribution in [2.24, 2.45) is 11.1 Å². The molecular formula is C15H23N3O. The molecule has 0 atom stereocenters. The van der Waals surface area contributed by atoms with E-state index in [1.807, 2.05) is 24.3 Å². The van der Waals surface area contributed by atoms with E-state index < -0.39 is 0 Å². The minimum Gasteiger partial charge on any atom is -0.351 e. The van der Waals surface area contributed by atoms with Crippen LogP contribution in [0.4, 0.5) is 0 Å². The zero-order valence-corrected chi connectivity index (χ0v) is 11.5. The summed E-state index contributed by atoms with van der Waals surface area (Å²) in [4.78, 5) is 12.1. The first-order chi connectivity index (χ1) is 9.13. The topological polar surface area (TPSA) is 67.2 Å². The van der Waals surface area contributed by atoms with Crippen LogP contribution in [-0.2, 0) is 6.54 Å². The van der Waals surface area contributed by atoms with Gasteiger partial charge in [0.05, 0.1) is 0 Å². The average Bonchev–Trinajstić information content (AvgIpc) is 2.46. The second-order valence-electron chi connectivity index (χ2n) is 5.64. The molecule has 4 N–H and O–H groups in total. The van der Waals surface area contributed by atoms with Gasteiger partial charge < -0.3 is 16.4 Å². The lowest BCUT2D eigenvalue weighted by atomic mass is 9.81. The first-order valence-electron chi connectivity index (χ1n) is 6.91. The molecule has 1 aliphatic rings. The third kappa shape index (κ3) is 3.78. The lowest BCUT2D eigenvalue weighted by molar-refractivity contribution is 0.0922. The van der Waals surface area contributed by atoms with Crippen molar-refractivity contribution in [3.8, 4) is 0 Å². The average molecular weight is 261 g/mol. The molecule has 1 fully saturated rings. The lowest BCUT2D eigenvalue weighted by Crippen LogP contribution is -2.42. The molecule has 1 heterocycles. The third-order valence-electron chi connectivity index (χ3n) is 3.94. The zero-order chi connectivity index (χ0) is 13.7. The Labute approximate surface area is 114 Å². The van der Waals surface area contributed by atoms with Crippen molar-refractivity contribution < 1.29 is 4.79 Å². The molecular weight excluding hydrogens is 238 g/mol. The zero-order valence-electron chi connectivity index (χ0n) is 11.5. The van der Waals surface area contributed by atoms with E-state index in [1.54, 1.807) is 0 Å². The fourth-order valence-electron chi connectivity index (χ4n) is 2.40. The van der Waals surface area contributed by atoms with Gasteiger partial charge in [0.25, 0.3) is 5.91 Å². The van der Waals surface area contributed by atoms with E-state index in [4.69, 9.17) is 5.73 Å². The van der Waals surface area contributed by atoms with Gasteiger partial charge >= 0.3 is 0 Å². The van der Waals surface area contributed by atoms with Crippen LogP contribution >= 0.6 is 0 Å². The molecule has 104 valence electrons. The number of piperidine rings is 1. The van der Waals surface area contributed by atoms with Gasteiger partial charge in [0.15, 0.2) is 0 Å². The quantitative estimate of drug-likeness (QED) is 0.764. The molecule has 4 heteroatoms. The van der Waals surface area contributed by atoms with Gasteiger partial charge in [0.2, 0.25) is 0 Å². The molecule has 2 rings (SSSR count). The number of hydrogen-bond donors (Lipinski definition) is 3. The SMILES string of the molecule is CC1(CNC(=O)c2ccc(CN)cc2)CCNCC1. The Kier molecular flexibility index (Phi) is 4.56. The molecule has 0 radical (unpaired) electrons. The van der Waals surface area contributed by atoms with Gasteiger partial charge in [-0.3, -0.25) is 4.79 Å². The van der Waals surface area contributed by atoms with Crippen molar-refractivity contribution in [1.29, 1.82) is 0 Å². The molecule has 19 heavy (non-hydrogen) atoms. The highest BCUT2D eigenvalue weighted by Gasteiger charge is 2.27. The first-order valence-corrected chi connectivity index (χ1v) is 6.91. The van der Waals surface area contributed by atoms with Gasteiger partial charge in [-0.05, 0) is 49.0 Å². The van der Waals surface area contributed by atoms with Crippen molar-refractivity contribution in [2.45, 2.75) is 26.3 Å². The smallest absolute Gasteiger partial charge is 0.251 e. The van der Waals surface area contributed by atoms with Crippen LogP contribution in [0.15, 0.2) is 24.3 Å². The Morgan fingerprint density at radius 2 is 1.95 bits per heavy atom. The van der Waals surface area contributed by atoms with E-state index in [1.165, 1.54) is 0 Å². The summed E-state index contributed by atoms with van der Waals surface area (Å²) >= 11 is 0. The van der Waals surface area contributed by atoms with Gasteiger partial charge in [-0.25, -0.2) is 0 Å². The standard InChI is InChI=1S/C15H23N3O/c1-15(6-8-17-9-7-15)11-18-14(19)13-4-2-12(10-16)3-5-13/h2-5,17H,6-11,16H2,1H3,(H,18,19). The van der Waals surface area contributed by atoms with E-state index in [2.05, 4.69) is 17.6 Å². The van der Waals surface area contributed by atoms with Crippen LogP contribution in [0.1, 0.15) is 35.7 Å². The van der Waals surface area contributed by atoms with Gasteiger partial charge in [0.1, 0.15) is 0 Å². The van der Waals surface area contributed by atoms with Crippen LogP contribution in [0.3, 0.4) is 0 Å². The highest BCUT2D eigenvalue weighted by molar-refractivity contribution is 5.94. The minimum atomic E-state index is 0.00308. The second kappa shape index (κ2) is 6.17. The van der Waals surface area contributed by atoms with Gasteiger partial charge in [-0.15, -0.1) is 0 Å². The van der Waals surface area contributed by atoms with E-state index in [-0.39, 0.29) is 11.3 Å². The molecule has 0 bridgehead atoms. The lowest BCUT2D eigenvalue weighted by Gasteiger charge is -2.34. The van der Waals surface area contributed by atoms with Crippen molar-refractivity contribution >= 4 is 5.91 Å². The number of benzene rings is 1. The van der Waals surface area contributed by atoms with Crippen LogP contribution in [0.5, 0.6) is 0 Å². The summed E-state index contributed by atoms with van der Waals surface area (Å²) in [6.07, 6.45) is 2.22. The second-order valence-corrected chi connectivity index (χ2v) is 5.64. The number of rotatable bonds is 4. The normalized spacial score (nSPS) is 18.0. The Bertz CT molecular complexity index is 422. The Morgan fingerprint density at radius 1 is 1.32 bits per heavy atom. The van der Waals surface area contributed by atoms with E-state index >= 15 is 0 Å². The summed E-state index contributed by atoms with van der Waals surface area (Å²) in [5.41, 5.74) is 7.51. The maximum absolute atomic E-state index is 12.1. The van der Waals surface area contributed by atoms with E-state index in [0.717, 1.165) is 38.0 Å². The van der Waals surface area contributed by atoms with Crippen molar-refractivity contribution in [2.75, 3.05) is 19.6 Å². The Hall–Kier alpha value is -1.39. The molecule has 0 saturated carbocycles. The van der Waals surface area contributed by atoms with Crippen LogP contribution in [0, 0.1) is 5.41 Å². The number of nitrogens with two attached hydrogens (primary N) is 1. The van der Waals surface area contributed by atoms with E-state index in [9.17, 15) is 4.79 Å². The van der Waals surface area contributed by atoms with E-state index in [0.29, 0.717) is 12.1 Å². The summed E-state index contributed by atoms with van der Waals surface area (Å²) in [6.45, 7) is 5.57. The van der Waals surface area contributed by atoms with Crippen LogP contribution < -0.4 is 16.4 Å². The fraction of sp³-hybridized carbons (Fsp3) is 0.533. The van der Waals surface area contributed by atoms with Crippen molar-refractivity contribution in [1.82, 2.24) is 10.6 Å². The maximum atomic E-state index is 12.1. The number of amides is 1. The molecule has 1 amide bonds. The summed E-state index contributed by atoms with van der Waals surface area (Å²) in [7, 11) is 0. The van der Waals surface area contributed by atoms with Crippen LogP contribution in [0.25, 0.3) is 0 Å². The Balaban J connectivity index is 1.89. The minimum absolute atomic E-state index is 0.00308. The predicted molar refractivity (Wildman–Crippen MR) is 76.9 cm³/mol. The predicted octanol–water partition coefficient (Wildman–Crippen LogP) is 1.26. The molecule has 0 unspecified atom stereocenters. The number of carbonyl (C=O) groups is 1. The number of nitrogens with one attached hydrogen (secondary N) is 2. The summed E-state index contributed by atoms with van der Waals surface area (Å²) < 4.78 is 0. The maximum Gasteiger partial charge on any atom is 0.251 e. The molecule has 1 saturated heterocycles. The summed E-state index contributed by atoms with van der Waals surface area (Å²) in [5, 5.41) is 6.40. The van der Waals surface area contributed by atoms with Crippen LogP contribution in [-0.4, -0.2) is 25.5 Å². The van der Waals surface area contributed by atoms with Crippen molar-refractivity contribution in [3.05, 3.63) is 35.4 Å². The summed E-state index contributed by atoms with van der Waals surface area (Å²) in [6, 6.07) is 7.48. The summed E-state index contributed by atoms with van der Waals surface area (Å²) in [5.74, 6) is 0.00308. The molecule has 1 aromatic carbocycles. The number of hydrogen-bond acceptors (Lipinski definition) is 3. The van der Waals surface area contributed by atoms with Crippen LogP contribution in [0.2, 0.25) is 0 Å². The van der Waals surface area contributed by atoms with Gasteiger partial charge in [-0.2, -0.15) is 0 Å². The molecule has 0 aromatic heterocycles. The Morgan fingerprint density at radius 3 is 2.53 bits per heavy atom. The highest BCUT2D eigenvalue weighted by atomic mass is 16.1. The molecule has 4 nitrogen and oxygen atoms in total. The van der Waals surface area contributed by atoms with Gasteiger partial charge in [-0.1, -0.05) is 19.1 Å². The van der Waals surface area contributed by atoms with Gasteiger partial charge in [0, 0.05) is 18.7 Å². The molecule has 0 aliphatic carbocycles. The molecule has 0 spiro atoms. The fourth-order valence-corrected chi connectivity index (χ4v) is 2.40. The molecule has 1 aromatic rings. The molecule has 1 aliphatic heterocycles. The third-order valence-corrected chi connectivity index (χ3v) is 3.94. The first kappa shape index (κ1) is 14.0. The highest BCUT2D eigenvalue weighted by Crippen LogP contribution is 2.26.